The predicted molar refractivity (Wildman–Crippen MR) is 111 cm³/mol. The second-order valence-electron chi connectivity index (χ2n) is 9.24. The third kappa shape index (κ3) is 6.79. The molecule has 246 valence electrons. The Morgan fingerprint density at radius 3 is 1.48 bits per heavy atom. The van der Waals surface area contributed by atoms with Crippen LogP contribution in [0.1, 0.15) is 44.6 Å². The van der Waals surface area contributed by atoms with E-state index < -0.39 is 73.0 Å². The Labute approximate surface area is 226 Å². The van der Waals surface area contributed by atoms with Crippen LogP contribution in [0.3, 0.4) is 0 Å². The fourth-order valence-electron chi connectivity index (χ4n) is 3.35. The number of alkyl halides is 17. The molecular formula is C23H23F17O2. The van der Waals surface area contributed by atoms with Crippen molar-refractivity contribution in [2.24, 2.45) is 0 Å². The molecule has 1 unspecified atom stereocenters. The van der Waals surface area contributed by atoms with Gasteiger partial charge in [-0.1, -0.05) is 31.9 Å². The molecule has 0 bridgehead atoms. The van der Waals surface area contributed by atoms with Crippen molar-refractivity contribution in [1.29, 1.82) is 0 Å². The number of rotatable bonds is 16. The molecule has 0 aromatic heterocycles. The van der Waals surface area contributed by atoms with Crippen LogP contribution in [0.25, 0.3) is 0 Å². The smallest absolute Gasteiger partial charge is 0.460 e. The summed E-state index contributed by atoms with van der Waals surface area (Å²) in [5.74, 6) is -56.5. The summed E-state index contributed by atoms with van der Waals surface area (Å²) in [4.78, 5) is 0. The minimum absolute atomic E-state index is 0.217. The molecule has 1 aromatic rings. The number of hydrogen-bond donors (Lipinski definition) is 1. The summed E-state index contributed by atoms with van der Waals surface area (Å²) in [7, 11) is 0. The first-order valence-corrected chi connectivity index (χ1v) is 11.8. The highest BCUT2D eigenvalue weighted by atomic mass is 19.4. The maximum Gasteiger partial charge on any atom is 0.460 e. The fraction of sp³-hybridized carbons (Fsp3) is 0.739. The first kappa shape index (κ1) is 37.8. The SMILES string of the molecule is CCCCCOc1ccc(CCC(O)CC(F)(F)C(F)(F)C(F)(F)C(F)(F)C(F)(F)C(F)(F)C(F)(F)C(F)(F)F)cc1. The lowest BCUT2D eigenvalue weighted by molar-refractivity contribution is -0.462. The Morgan fingerprint density at radius 2 is 1.05 bits per heavy atom. The number of halogens is 17. The third-order valence-corrected chi connectivity index (χ3v) is 5.99. The van der Waals surface area contributed by atoms with Crippen LogP contribution in [0.4, 0.5) is 74.6 Å². The molecule has 1 atom stereocenters. The number of aliphatic hydroxyl groups is 1. The van der Waals surface area contributed by atoms with Crippen LogP contribution in [0.5, 0.6) is 5.75 Å². The summed E-state index contributed by atoms with van der Waals surface area (Å²) >= 11 is 0. The highest BCUT2D eigenvalue weighted by molar-refractivity contribution is 5.27. The molecule has 1 rings (SSSR count). The average Bonchev–Trinajstić information content (AvgIpc) is 2.84. The quantitative estimate of drug-likeness (QED) is 0.143. The van der Waals surface area contributed by atoms with Crippen molar-refractivity contribution in [3.63, 3.8) is 0 Å². The average molecular weight is 654 g/mol. The van der Waals surface area contributed by atoms with Gasteiger partial charge in [0.2, 0.25) is 0 Å². The lowest BCUT2D eigenvalue weighted by atomic mass is 9.87. The van der Waals surface area contributed by atoms with Gasteiger partial charge < -0.3 is 9.84 Å². The molecular weight excluding hydrogens is 631 g/mol. The number of benzene rings is 1. The Kier molecular flexibility index (Phi) is 11.2. The van der Waals surface area contributed by atoms with Crippen molar-refractivity contribution in [3.8, 4) is 5.75 Å². The zero-order valence-electron chi connectivity index (χ0n) is 21.1. The van der Waals surface area contributed by atoms with E-state index in [0.717, 1.165) is 12.8 Å². The molecule has 1 N–H and O–H groups in total. The van der Waals surface area contributed by atoms with Crippen LogP contribution >= 0.6 is 0 Å². The van der Waals surface area contributed by atoms with Gasteiger partial charge in [0.1, 0.15) is 5.75 Å². The maximum absolute atomic E-state index is 14.0. The summed E-state index contributed by atoms with van der Waals surface area (Å²) in [6.07, 6.45) is -12.3. The molecule has 0 fully saturated rings. The van der Waals surface area contributed by atoms with Crippen LogP contribution in [-0.2, 0) is 6.42 Å². The van der Waals surface area contributed by atoms with Crippen LogP contribution in [0, 0.1) is 0 Å². The summed E-state index contributed by atoms with van der Waals surface area (Å²) in [6, 6.07) is 5.36. The van der Waals surface area contributed by atoms with Gasteiger partial charge in [0.15, 0.2) is 0 Å². The Balaban J connectivity index is 3.11. The molecule has 0 aliphatic rings. The molecule has 0 heterocycles. The Morgan fingerprint density at radius 1 is 0.619 bits per heavy atom. The fourth-order valence-corrected chi connectivity index (χ4v) is 3.35. The van der Waals surface area contributed by atoms with E-state index in [2.05, 4.69) is 0 Å². The van der Waals surface area contributed by atoms with E-state index in [1.807, 2.05) is 6.92 Å². The summed E-state index contributed by atoms with van der Waals surface area (Å²) < 4.78 is 232. The zero-order valence-corrected chi connectivity index (χ0v) is 21.1. The van der Waals surface area contributed by atoms with Crippen molar-refractivity contribution in [3.05, 3.63) is 29.8 Å². The lowest BCUT2D eigenvalue weighted by Gasteiger charge is -2.43. The largest absolute Gasteiger partial charge is 0.494 e. The van der Waals surface area contributed by atoms with E-state index in [1.54, 1.807) is 0 Å². The van der Waals surface area contributed by atoms with E-state index in [4.69, 9.17) is 4.74 Å². The van der Waals surface area contributed by atoms with Gasteiger partial charge in [-0.15, -0.1) is 0 Å². The van der Waals surface area contributed by atoms with E-state index in [-0.39, 0.29) is 5.56 Å². The molecule has 1 aromatic carbocycles. The predicted octanol–water partition coefficient (Wildman–Crippen LogP) is 8.95. The second-order valence-corrected chi connectivity index (χ2v) is 9.24. The first-order valence-electron chi connectivity index (χ1n) is 11.8. The van der Waals surface area contributed by atoms with Crippen molar-refractivity contribution in [1.82, 2.24) is 0 Å². The Hall–Kier alpha value is -2.21. The summed E-state index contributed by atoms with van der Waals surface area (Å²) in [5.41, 5.74) is 0.217. The maximum atomic E-state index is 14.0. The van der Waals surface area contributed by atoms with Gasteiger partial charge in [-0.05, 0) is 37.0 Å². The minimum Gasteiger partial charge on any atom is -0.494 e. The van der Waals surface area contributed by atoms with Crippen LogP contribution in [0.2, 0.25) is 0 Å². The third-order valence-electron chi connectivity index (χ3n) is 5.99. The van der Waals surface area contributed by atoms with Crippen LogP contribution in [-0.4, -0.2) is 65.5 Å². The van der Waals surface area contributed by atoms with Crippen molar-refractivity contribution >= 4 is 0 Å². The van der Waals surface area contributed by atoms with Crippen LogP contribution in [0.15, 0.2) is 24.3 Å². The van der Waals surface area contributed by atoms with E-state index in [1.165, 1.54) is 24.3 Å². The van der Waals surface area contributed by atoms with E-state index in [9.17, 15) is 79.7 Å². The lowest BCUT2D eigenvalue weighted by Crippen LogP contribution is -2.74. The molecule has 0 spiro atoms. The molecule has 2 nitrogen and oxygen atoms in total. The molecule has 0 aliphatic carbocycles. The number of hydrogen-bond acceptors (Lipinski definition) is 2. The molecule has 0 saturated carbocycles. The second kappa shape index (κ2) is 12.4. The van der Waals surface area contributed by atoms with Gasteiger partial charge >= 0.3 is 47.6 Å². The number of ether oxygens (including phenoxy) is 1. The molecule has 42 heavy (non-hydrogen) atoms. The number of unbranched alkanes of at least 4 members (excludes halogenated alkanes) is 2. The van der Waals surface area contributed by atoms with Gasteiger partial charge in [-0.2, -0.15) is 74.6 Å². The van der Waals surface area contributed by atoms with E-state index >= 15 is 0 Å². The van der Waals surface area contributed by atoms with Gasteiger partial charge in [-0.25, -0.2) is 0 Å². The highest BCUT2D eigenvalue weighted by Crippen LogP contribution is 2.64. The number of aliphatic hydroxyl groups excluding tert-OH is 1. The molecule has 0 amide bonds. The first-order chi connectivity index (χ1) is 18.7. The molecule has 19 heteroatoms. The van der Waals surface area contributed by atoms with Crippen molar-refractivity contribution in [2.45, 2.75) is 99.2 Å². The van der Waals surface area contributed by atoms with Crippen LogP contribution < -0.4 is 4.74 Å². The van der Waals surface area contributed by atoms with Gasteiger partial charge in [0, 0.05) is 6.42 Å². The van der Waals surface area contributed by atoms with Crippen molar-refractivity contribution < 1.29 is 84.5 Å². The zero-order chi connectivity index (χ0) is 33.2. The monoisotopic (exact) mass is 654 g/mol. The Bertz CT molecular complexity index is 1000. The highest BCUT2D eigenvalue weighted by Gasteiger charge is 2.95. The summed E-state index contributed by atoms with van der Waals surface area (Å²) in [6.45, 7) is 2.28. The number of aryl methyl sites for hydroxylation is 1. The summed E-state index contributed by atoms with van der Waals surface area (Å²) in [5, 5.41) is 9.62. The van der Waals surface area contributed by atoms with Gasteiger partial charge in [0.25, 0.3) is 0 Å². The van der Waals surface area contributed by atoms with Gasteiger partial charge in [0.05, 0.1) is 12.7 Å². The van der Waals surface area contributed by atoms with Gasteiger partial charge in [-0.3, -0.25) is 0 Å². The van der Waals surface area contributed by atoms with Crippen molar-refractivity contribution in [2.75, 3.05) is 6.61 Å². The standard InChI is InChI=1S/C23H23F17O2/c1-2-3-4-11-42-15-9-6-13(7-10-15)5-8-14(41)12-16(24,25)17(26,27)18(28,29)19(30,31)20(32,33)21(34,35)22(36,37)23(38,39)40/h6-7,9-10,14,41H,2-5,8,11-12H2,1H3. The topological polar surface area (TPSA) is 29.5 Å². The molecule has 0 radical (unpaired) electrons. The van der Waals surface area contributed by atoms with E-state index in [0.29, 0.717) is 18.8 Å². The normalized spacial score (nSPS) is 15.6. The molecule has 0 aliphatic heterocycles. The molecule has 0 saturated heterocycles. The minimum atomic E-state index is -8.67.